The van der Waals surface area contributed by atoms with E-state index in [1.807, 2.05) is 64.0 Å². The summed E-state index contributed by atoms with van der Waals surface area (Å²) < 4.78 is 0.425. The molecule has 8 heteroatoms. The van der Waals surface area contributed by atoms with Gasteiger partial charge in [-0.15, -0.1) is 0 Å². The van der Waals surface area contributed by atoms with E-state index in [1.165, 1.54) is 16.7 Å². The second-order valence-corrected chi connectivity index (χ2v) is 10.3. The van der Waals surface area contributed by atoms with Crippen molar-refractivity contribution in [2.24, 2.45) is 21.8 Å². The van der Waals surface area contributed by atoms with Crippen LogP contribution in [0.25, 0.3) is 0 Å². The van der Waals surface area contributed by atoms with Crippen LogP contribution in [0.4, 0.5) is 5.69 Å². The van der Waals surface area contributed by atoms with Gasteiger partial charge in [0, 0.05) is 25.7 Å². The first-order chi connectivity index (χ1) is 13.6. The number of piperidine rings is 1. The number of imide groups is 1. The summed E-state index contributed by atoms with van der Waals surface area (Å²) in [4.78, 5) is 29.3. The molecule has 2 atom stereocenters. The summed E-state index contributed by atoms with van der Waals surface area (Å²) in [7, 11) is 3.98. The lowest BCUT2D eigenvalue weighted by Gasteiger charge is -2.47. The summed E-state index contributed by atoms with van der Waals surface area (Å²) in [6.45, 7) is 6.07. The number of hydrazone groups is 1. The Kier molecular flexibility index (Phi) is 6.06. The number of thioether (sulfide) groups is 1. The molecule has 6 nitrogen and oxygen atoms in total. The quantitative estimate of drug-likeness (QED) is 0.333. The number of thiocarbonyl (C=S) groups is 1. The zero-order valence-electron chi connectivity index (χ0n) is 17.6. The first kappa shape index (κ1) is 21.8. The SMILES string of the molecule is CN(C)c1ccc(C=NNC(=S)SCN2C(=O)[C@@H]3CC[C@@](C)(C2=O)C3(C)C)cc1. The minimum absolute atomic E-state index is 0.0743. The van der Waals surface area contributed by atoms with Crippen LogP contribution in [0.1, 0.15) is 39.2 Å². The Bertz CT molecular complexity index is 851. The molecule has 0 unspecified atom stereocenters. The number of nitrogens with one attached hydrogen (secondary N) is 1. The monoisotopic (exact) mass is 432 g/mol. The van der Waals surface area contributed by atoms with Gasteiger partial charge in [0.15, 0.2) is 4.32 Å². The van der Waals surface area contributed by atoms with E-state index in [1.54, 1.807) is 6.21 Å². The van der Waals surface area contributed by atoms with E-state index in [9.17, 15) is 9.59 Å². The van der Waals surface area contributed by atoms with Gasteiger partial charge in [0.25, 0.3) is 0 Å². The highest BCUT2D eigenvalue weighted by molar-refractivity contribution is 8.22. The molecule has 29 heavy (non-hydrogen) atoms. The molecule has 1 N–H and O–H groups in total. The molecule has 0 spiro atoms. The number of likely N-dealkylation sites (tertiary alicyclic amines) is 1. The third-order valence-corrected chi connectivity index (χ3v) is 7.80. The lowest BCUT2D eigenvalue weighted by atomic mass is 9.62. The van der Waals surface area contributed by atoms with Crippen LogP contribution in [0.15, 0.2) is 29.4 Å². The topological polar surface area (TPSA) is 65.0 Å². The van der Waals surface area contributed by atoms with Crippen molar-refractivity contribution in [1.29, 1.82) is 0 Å². The molecule has 2 aliphatic rings. The third kappa shape index (κ3) is 3.92. The molecule has 0 aromatic heterocycles. The van der Waals surface area contributed by atoms with Crippen LogP contribution >= 0.6 is 24.0 Å². The highest BCUT2D eigenvalue weighted by atomic mass is 32.2. The number of carbonyl (C=O) groups excluding carboxylic acids is 2. The van der Waals surface area contributed by atoms with Crippen molar-refractivity contribution in [3.05, 3.63) is 29.8 Å². The van der Waals surface area contributed by atoms with Crippen LogP contribution in [-0.4, -0.2) is 47.2 Å². The van der Waals surface area contributed by atoms with Gasteiger partial charge in [0.05, 0.1) is 17.5 Å². The molecular weight excluding hydrogens is 404 g/mol. The number of amides is 2. The predicted molar refractivity (Wildman–Crippen MR) is 123 cm³/mol. The Hall–Kier alpha value is -1.93. The van der Waals surface area contributed by atoms with Crippen LogP contribution in [-0.2, 0) is 9.59 Å². The van der Waals surface area contributed by atoms with E-state index in [2.05, 4.69) is 10.5 Å². The zero-order valence-corrected chi connectivity index (χ0v) is 19.2. The predicted octanol–water partition coefficient (Wildman–Crippen LogP) is 3.46. The Morgan fingerprint density at radius 2 is 1.97 bits per heavy atom. The second-order valence-electron chi connectivity index (χ2n) is 8.63. The molecule has 2 bridgehead atoms. The van der Waals surface area contributed by atoms with Crippen LogP contribution < -0.4 is 10.3 Å². The van der Waals surface area contributed by atoms with Crippen molar-refractivity contribution in [3.63, 3.8) is 0 Å². The zero-order chi connectivity index (χ0) is 21.4. The Morgan fingerprint density at radius 1 is 1.31 bits per heavy atom. The average Bonchev–Trinajstić information content (AvgIpc) is 2.85. The van der Waals surface area contributed by atoms with Gasteiger partial charge in [-0.25, -0.2) is 0 Å². The molecule has 1 heterocycles. The molecule has 1 saturated heterocycles. The van der Waals surface area contributed by atoms with Crippen LogP contribution in [0.2, 0.25) is 0 Å². The molecule has 156 valence electrons. The van der Waals surface area contributed by atoms with Crippen LogP contribution in [0.3, 0.4) is 0 Å². The molecule has 1 aromatic rings. The smallest absolute Gasteiger partial charge is 0.236 e. The lowest BCUT2D eigenvalue weighted by molar-refractivity contribution is -0.166. The molecule has 1 aliphatic heterocycles. The Labute approximate surface area is 182 Å². The van der Waals surface area contributed by atoms with Crippen molar-refractivity contribution in [2.75, 3.05) is 24.9 Å². The van der Waals surface area contributed by atoms with E-state index in [4.69, 9.17) is 12.2 Å². The highest BCUT2D eigenvalue weighted by Gasteiger charge is 2.64. The van der Waals surface area contributed by atoms with E-state index < -0.39 is 5.41 Å². The van der Waals surface area contributed by atoms with Crippen LogP contribution in [0, 0.1) is 16.7 Å². The van der Waals surface area contributed by atoms with Crippen LogP contribution in [0.5, 0.6) is 0 Å². The van der Waals surface area contributed by atoms with E-state index in [0.29, 0.717) is 4.32 Å². The first-order valence-corrected chi connectivity index (χ1v) is 11.1. The summed E-state index contributed by atoms with van der Waals surface area (Å²) in [6, 6.07) is 7.97. The minimum atomic E-state index is -0.488. The van der Waals surface area contributed by atoms with Gasteiger partial charge >= 0.3 is 0 Å². The first-order valence-electron chi connectivity index (χ1n) is 9.67. The molecule has 1 saturated carbocycles. The van der Waals surface area contributed by atoms with Crippen molar-refractivity contribution in [2.45, 2.75) is 33.6 Å². The van der Waals surface area contributed by atoms with E-state index in [0.717, 1.165) is 24.1 Å². The van der Waals surface area contributed by atoms with Gasteiger partial charge in [0.1, 0.15) is 0 Å². The molecule has 1 aliphatic carbocycles. The second kappa shape index (κ2) is 8.07. The third-order valence-electron chi connectivity index (χ3n) is 6.61. The van der Waals surface area contributed by atoms with Crippen molar-refractivity contribution in [1.82, 2.24) is 10.3 Å². The number of hydrogen-bond donors (Lipinski definition) is 1. The summed E-state index contributed by atoms with van der Waals surface area (Å²) >= 11 is 6.55. The number of hydrogen-bond acceptors (Lipinski definition) is 6. The van der Waals surface area contributed by atoms with Gasteiger partial charge in [-0.3, -0.25) is 19.9 Å². The fourth-order valence-corrected chi connectivity index (χ4v) is 5.02. The van der Waals surface area contributed by atoms with E-state index >= 15 is 0 Å². The minimum Gasteiger partial charge on any atom is -0.378 e. The Balaban J connectivity index is 1.54. The number of carbonyl (C=O) groups is 2. The summed E-state index contributed by atoms with van der Waals surface area (Å²) in [5.41, 5.74) is 4.08. The molecule has 1 aromatic carbocycles. The van der Waals surface area contributed by atoms with Gasteiger partial charge < -0.3 is 4.90 Å². The van der Waals surface area contributed by atoms with Gasteiger partial charge in [-0.05, 0) is 36.0 Å². The summed E-state index contributed by atoms with van der Waals surface area (Å²) in [5, 5.41) is 4.16. The maximum Gasteiger partial charge on any atom is 0.236 e. The fraction of sp³-hybridized carbons (Fsp3) is 0.524. The molecule has 2 amide bonds. The van der Waals surface area contributed by atoms with Gasteiger partial charge in [-0.1, -0.05) is 56.9 Å². The summed E-state index contributed by atoms with van der Waals surface area (Å²) in [5.74, 6) is -0.0371. The number of fused-ring (bicyclic) bond motifs is 2. The summed E-state index contributed by atoms with van der Waals surface area (Å²) in [6.07, 6.45) is 3.22. The maximum absolute atomic E-state index is 13.0. The number of benzene rings is 1. The number of anilines is 1. The fourth-order valence-electron chi connectivity index (χ4n) is 4.20. The lowest BCUT2D eigenvalue weighted by Crippen LogP contribution is -2.58. The normalized spacial score (nSPS) is 25.6. The average molecular weight is 433 g/mol. The Morgan fingerprint density at radius 3 is 2.59 bits per heavy atom. The van der Waals surface area contributed by atoms with E-state index in [-0.39, 0.29) is 29.0 Å². The van der Waals surface area contributed by atoms with Gasteiger partial charge in [0.2, 0.25) is 11.8 Å². The van der Waals surface area contributed by atoms with Crippen molar-refractivity contribution < 1.29 is 9.59 Å². The maximum atomic E-state index is 13.0. The highest BCUT2D eigenvalue weighted by Crippen LogP contribution is 2.60. The largest absolute Gasteiger partial charge is 0.378 e. The van der Waals surface area contributed by atoms with Crippen molar-refractivity contribution >= 4 is 52.0 Å². The molecule has 0 radical (unpaired) electrons. The standard InChI is InChI=1S/C21H28N4O2S2/c1-20(2)16-10-11-21(20,3)18(27)25(17(16)26)13-29-19(28)23-22-12-14-6-8-15(9-7-14)24(4)5/h6-9,12,16H,10-11,13H2,1-5H3,(H,23,28)/t16-,21-/m0/s1. The van der Waals surface area contributed by atoms with Crippen molar-refractivity contribution in [3.8, 4) is 0 Å². The molecule has 3 rings (SSSR count). The molecule has 2 fully saturated rings. The number of rotatable bonds is 5. The van der Waals surface area contributed by atoms with Gasteiger partial charge in [-0.2, -0.15) is 5.10 Å². The molecular formula is C21H28N4O2S2. The number of nitrogens with zero attached hydrogens (tertiary/aromatic N) is 3.